The highest BCUT2D eigenvalue weighted by atomic mass is 16.1. The first-order valence-electron chi connectivity index (χ1n) is 6.41. The van der Waals surface area contributed by atoms with Crippen LogP contribution in [0.1, 0.15) is 58.3 Å². The molecular formula is C14H24O. The molecule has 1 aliphatic rings. The number of carbonyl (C=O) groups excluding carboxylic acids is 1. The van der Waals surface area contributed by atoms with Crippen molar-refractivity contribution in [1.29, 1.82) is 0 Å². The lowest BCUT2D eigenvalue weighted by Gasteiger charge is -2.27. The van der Waals surface area contributed by atoms with Crippen LogP contribution in [0.5, 0.6) is 0 Å². The molecule has 2 atom stereocenters. The summed E-state index contributed by atoms with van der Waals surface area (Å²) in [6, 6.07) is 0. The molecule has 0 saturated heterocycles. The third kappa shape index (κ3) is 4.19. The van der Waals surface area contributed by atoms with Crippen molar-refractivity contribution in [1.82, 2.24) is 0 Å². The van der Waals surface area contributed by atoms with E-state index in [0.717, 1.165) is 38.0 Å². The van der Waals surface area contributed by atoms with Crippen molar-refractivity contribution in [2.75, 3.05) is 0 Å². The smallest absolute Gasteiger partial charge is 0.135 e. The molecule has 0 heterocycles. The van der Waals surface area contributed by atoms with Crippen molar-refractivity contribution in [2.45, 2.75) is 58.3 Å². The van der Waals surface area contributed by atoms with Crippen molar-refractivity contribution in [3.8, 4) is 0 Å². The Morgan fingerprint density at radius 3 is 2.93 bits per heavy atom. The van der Waals surface area contributed by atoms with Gasteiger partial charge in [0.05, 0.1) is 0 Å². The molecule has 86 valence electrons. The number of rotatable bonds is 6. The Labute approximate surface area is 93.9 Å². The van der Waals surface area contributed by atoms with Crippen molar-refractivity contribution >= 4 is 5.78 Å². The van der Waals surface area contributed by atoms with E-state index >= 15 is 0 Å². The van der Waals surface area contributed by atoms with Crippen LogP contribution in [0.25, 0.3) is 0 Å². The fraction of sp³-hybridized carbons (Fsp3) is 0.786. The monoisotopic (exact) mass is 208 g/mol. The molecule has 0 aromatic rings. The molecule has 15 heavy (non-hydrogen) atoms. The molecule has 0 amide bonds. The molecule has 2 unspecified atom stereocenters. The second-order valence-electron chi connectivity index (χ2n) is 4.79. The van der Waals surface area contributed by atoms with E-state index in [1.807, 2.05) is 6.08 Å². The first-order chi connectivity index (χ1) is 7.27. The minimum absolute atomic E-state index is 0.383. The summed E-state index contributed by atoms with van der Waals surface area (Å²) in [5, 5.41) is 0. The van der Waals surface area contributed by atoms with Gasteiger partial charge in [-0.25, -0.2) is 0 Å². The van der Waals surface area contributed by atoms with Crippen LogP contribution in [0.15, 0.2) is 12.7 Å². The number of ketones is 1. The summed E-state index contributed by atoms with van der Waals surface area (Å²) in [6.45, 7) is 5.93. The number of allylic oxidation sites excluding steroid dienone is 1. The zero-order valence-corrected chi connectivity index (χ0v) is 10.0. The fourth-order valence-electron chi connectivity index (χ4n) is 2.58. The molecule has 1 saturated carbocycles. The quantitative estimate of drug-likeness (QED) is 0.474. The van der Waals surface area contributed by atoms with E-state index in [0.29, 0.717) is 11.7 Å². The van der Waals surface area contributed by atoms with Crippen LogP contribution in [0.2, 0.25) is 0 Å². The minimum atomic E-state index is 0.383. The summed E-state index contributed by atoms with van der Waals surface area (Å²) >= 11 is 0. The SMILES string of the molecule is C=CCCCC(=O)C1CCCC(CC)C1. The van der Waals surface area contributed by atoms with Gasteiger partial charge in [-0.15, -0.1) is 6.58 Å². The number of unbranched alkanes of at least 4 members (excludes halogenated alkanes) is 1. The Hall–Kier alpha value is -0.590. The lowest BCUT2D eigenvalue weighted by Crippen LogP contribution is -2.22. The number of carbonyl (C=O) groups is 1. The van der Waals surface area contributed by atoms with Gasteiger partial charge < -0.3 is 0 Å². The molecular weight excluding hydrogens is 184 g/mol. The molecule has 0 aliphatic heterocycles. The van der Waals surface area contributed by atoms with Crippen LogP contribution in [0.4, 0.5) is 0 Å². The summed E-state index contributed by atoms with van der Waals surface area (Å²) < 4.78 is 0. The molecule has 0 bridgehead atoms. The van der Waals surface area contributed by atoms with Gasteiger partial charge in [-0.05, 0) is 31.6 Å². The molecule has 1 rings (SSSR count). The van der Waals surface area contributed by atoms with Crippen LogP contribution in [-0.4, -0.2) is 5.78 Å². The van der Waals surface area contributed by atoms with Crippen LogP contribution in [0.3, 0.4) is 0 Å². The molecule has 0 aromatic carbocycles. The molecule has 1 fully saturated rings. The zero-order chi connectivity index (χ0) is 11.1. The van der Waals surface area contributed by atoms with Crippen LogP contribution in [-0.2, 0) is 4.79 Å². The highest BCUT2D eigenvalue weighted by Crippen LogP contribution is 2.32. The maximum absolute atomic E-state index is 11.9. The zero-order valence-electron chi connectivity index (χ0n) is 10.0. The second-order valence-corrected chi connectivity index (χ2v) is 4.79. The summed E-state index contributed by atoms with van der Waals surface area (Å²) in [6.07, 6.45) is 10.8. The average Bonchev–Trinajstić information content (AvgIpc) is 2.29. The third-order valence-electron chi connectivity index (χ3n) is 3.65. The van der Waals surface area contributed by atoms with Gasteiger partial charge in [-0.2, -0.15) is 0 Å². The lowest BCUT2D eigenvalue weighted by molar-refractivity contribution is -0.124. The van der Waals surface area contributed by atoms with E-state index in [-0.39, 0.29) is 0 Å². The third-order valence-corrected chi connectivity index (χ3v) is 3.65. The molecule has 1 aliphatic carbocycles. The summed E-state index contributed by atoms with van der Waals surface area (Å²) in [5.74, 6) is 1.70. The lowest BCUT2D eigenvalue weighted by atomic mass is 9.77. The number of hydrogen-bond donors (Lipinski definition) is 0. The van der Waals surface area contributed by atoms with Gasteiger partial charge in [0.2, 0.25) is 0 Å². The second kappa shape index (κ2) is 6.81. The normalized spacial score (nSPS) is 26.2. The van der Waals surface area contributed by atoms with E-state index in [1.165, 1.54) is 19.3 Å². The first kappa shape index (κ1) is 12.5. The van der Waals surface area contributed by atoms with E-state index < -0.39 is 0 Å². The van der Waals surface area contributed by atoms with E-state index in [2.05, 4.69) is 13.5 Å². The minimum Gasteiger partial charge on any atom is -0.299 e. The van der Waals surface area contributed by atoms with Crippen molar-refractivity contribution in [2.24, 2.45) is 11.8 Å². The highest BCUT2D eigenvalue weighted by Gasteiger charge is 2.25. The van der Waals surface area contributed by atoms with Crippen molar-refractivity contribution in [3.63, 3.8) is 0 Å². The van der Waals surface area contributed by atoms with E-state index in [1.54, 1.807) is 0 Å². The van der Waals surface area contributed by atoms with E-state index in [4.69, 9.17) is 0 Å². The van der Waals surface area contributed by atoms with Crippen LogP contribution in [0, 0.1) is 11.8 Å². The van der Waals surface area contributed by atoms with E-state index in [9.17, 15) is 4.79 Å². The van der Waals surface area contributed by atoms with Gasteiger partial charge >= 0.3 is 0 Å². The van der Waals surface area contributed by atoms with Gasteiger partial charge in [0, 0.05) is 12.3 Å². The van der Waals surface area contributed by atoms with Gasteiger partial charge in [0.1, 0.15) is 5.78 Å². The van der Waals surface area contributed by atoms with Gasteiger partial charge in [0.25, 0.3) is 0 Å². The predicted molar refractivity (Wildman–Crippen MR) is 64.8 cm³/mol. The topological polar surface area (TPSA) is 17.1 Å². The Kier molecular flexibility index (Phi) is 5.67. The van der Waals surface area contributed by atoms with Crippen LogP contribution >= 0.6 is 0 Å². The maximum atomic E-state index is 11.9. The Morgan fingerprint density at radius 2 is 2.27 bits per heavy atom. The van der Waals surface area contributed by atoms with Gasteiger partial charge in [-0.1, -0.05) is 32.3 Å². The molecule has 0 radical (unpaired) electrons. The average molecular weight is 208 g/mol. The van der Waals surface area contributed by atoms with Crippen LogP contribution < -0.4 is 0 Å². The Balaban J connectivity index is 2.28. The standard InChI is InChI=1S/C14H24O/c1-3-5-6-10-14(15)13-9-7-8-12(4-2)11-13/h3,12-13H,1,4-11H2,2H3. The molecule has 1 nitrogen and oxygen atoms in total. The van der Waals surface area contributed by atoms with Crippen molar-refractivity contribution in [3.05, 3.63) is 12.7 Å². The van der Waals surface area contributed by atoms with Crippen molar-refractivity contribution < 1.29 is 4.79 Å². The van der Waals surface area contributed by atoms with Gasteiger partial charge in [-0.3, -0.25) is 4.79 Å². The molecule has 0 N–H and O–H groups in total. The molecule has 0 aromatic heterocycles. The fourth-order valence-corrected chi connectivity index (χ4v) is 2.58. The molecule has 1 heteroatoms. The summed E-state index contributed by atoms with van der Waals surface area (Å²) in [5.41, 5.74) is 0. The summed E-state index contributed by atoms with van der Waals surface area (Å²) in [4.78, 5) is 11.9. The Bertz CT molecular complexity index is 207. The molecule has 0 spiro atoms. The highest BCUT2D eigenvalue weighted by molar-refractivity contribution is 5.81. The first-order valence-corrected chi connectivity index (χ1v) is 6.41. The number of Topliss-reactive ketones (excluding diaryl/α,β-unsaturated/α-hetero) is 1. The Morgan fingerprint density at radius 1 is 1.47 bits per heavy atom. The summed E-state index contributed by atoms with van der Waals surface area (Å²) in [7, 11) is 0. The van der Waals surface area contributed by atoms with Gasteiger partial charge in [0.15, 0.2) is 0 Å². The maximum Gasteiger partial charge on any atom is 0.135 e. The predicted octanol–water partition coefficient (Wildman–Crippen LogP) is 4.13. The largest absolute Gasteiger partial charge is 0.299 e. The number of hydrogen-bond acceptors (Lipinski definition) is 1.